The average molecular weight is 382 g/mol. The fourth-order valence-electron chi connectivity index (χ4n) is 3.22. The van der Waals surface area contributed by atoms with Gasteiger partial charge < -0.3 is 20.9 Å². The highest BCUT2D eigenvalue weighted by Crippen LogP contribution is 2.25. The summed E-state index contributed by atoms with van der Waals surface area (Å²) >= 11 is 0. The molecule has 0 aromatic heterocycles. The summed E-state index contributed by atoms with van der Waals surface area (Å²) < 4.78 is 27.8. The van der Waals surface area contributed by atoms with Crippen LogP contribution in [0, 0.1) is 11.6 Å². The molecule has 1 aliphatic carbocycles. The molecule has 150 valence electrons. The van der Waals surface area contributed by atoms with Gasteiger partial charge in [0.25, 0.3) is 0 Å². The van der Waals surface area contributed by atoms with Crippen LogP contribution in [0.4, 0.5) is 25.0 Å². The van der Waals surface area contributed by atoms with Crippen molar-refractivity contribution >= 4 is 23.3 Å². The molecule has 2 rings (SSSR count). The van der Waals surface area contributed by atoms with Gasteiger partial charge in [-0.15, -0.1) is 0 Å². The van der Waals surface area contributed by atoms with E-state index in [1.54, 1.807) is 0 Å². The zero-order valence-electron chi connectivity index (χ0n) is 15.9. The van der Waals surface area contributed by atoms with Crippen LogP contribution in [0.25, 0.3) is 0 Å². The van der Waals surface area contributed by atoms with Crippen LogP contribution < -0.4 is 20.9 Å². The maximum absolute atomic E-state index is 13.9. The molecule has 0 radical (unpaired) electrons. The number of benzene rings is 1. The van der Waals surface area contributed by atoms with Crippen LogP contribution >= 0.6 is 0 Å². The number of carbonyl (C=O) groups is 2. The molecule has 1 aliphatic rings. The number of amides is 3. The highest BCUT2D eigenvalue weighted by Gasteiger charge is 2.16. The molecule has 0 bridgehead atoms. The second kappa shape index (κ2) is 10.1. The zero-order valence-corrected chi connectivity index (χ0v) is 15.9. The Hall–Kier alpha value is -2.38. The molecule has 1 aromatic carbocycles. The van der Waals surface area contributed by atoms with Crippen LogP contribution in [0.2, 0.25) is 0 Å². The van der Waals surface area contributed by atoms with Crippen molar-refractivity contribution in [2.45, 2.75) is 51.0 Å². The predicted octanol–water partition coefficient (Wildman–Crippen LogP) is 3.38. The molecule has 27 heavy (non-hydrogen) atoms. The second-order valence-corrected chi connectivity index (χ2v) is 7.07. The van der Waals surface area contributed by atoms with Gasteiger partial charge in [-0.1, -0.05) is 19.3 Å². The predicted molar refractivity (Wildman–Crippen MR) is 102 cm³/mol. The van der Waals surface area contributed by atoms with Crippen molar-refractivity contribution < 1.29 is 18.4 Å². The SMILES string of the molecule is CN(C)c1c(F)cc(NC(=O)CCCNC(=O)NC2CCCCC2)cc1F. The third kappa shape index (κ3) is 6.69. The molecule has 0 atom stereocenters. The third-order valence-corrected chi connectivity index (χ3v) is 4.55. The standard InChI is InChI=1S/C19H28F2N4O2/c1-25(2)18-15(20)11-14(12-16(18)21)23-17(26)9-6-10-22-19(27)24-13-7-4-3-5-8-13/h11-13H,3-10H2,1-2H3,(H,23,26)(H2,22,24,27). The normalized spacial score (nSPS) is 14.5. The third-order valence-electron chi connectivity index (χ3n) is 4.55. The monoisotopic (exact) mass is 382 g/mol. The molecule has 0 saturated heterocycles. The van der Waals surface area contributed by atoms with Gasteiger partial charge in [0.15, 0.2) is 11.6 Å². The highest BCUT2D eigenvalue weighted by molar-refractivity contribution is 5.91. The van der Waals surface area contributed by atoms with Gasteiger partial charge in [-0.25, -0.2) is 13.6 Å². The van der Waals surface area contributed by atoms with Gasteiger partial charge in [0.1, 0.15) is 5.69 Å². The van der Waals surface area contributed by atoms with Crippen molar-refractivity contribution in [2.24, 2.45) is 0 Å². The van der Waals surface area contributed by atoms with E-state index in [9.17, 15) is 18.4 Å². The fraction of sp³-hybridized carbons (Fsp3) is 0.579. The number of anilines is 2. The summed E-state index contributed by atoms with van der Waals surface area (Å²) in [7, 11) is 3.08. The van der Waals surface area contributed by atoms with E-state index in [1.807, 2.05) is 0 Å². The summed E-state index contributed by atoms with van der Waals surface area (Å²) in [5.41, 5.74) is -0.0789. The first kappa shape index (κ1) is 20.9. The largest absolute Gasteiger partial charge is 0.373 e. The first-order chi connectivity index (χ1) is 12.9. The maximum Gasteiger partial charge on any atom is 0.315 e. The Balaban J connectivity index is 1.69. The summed E-state index contributed by atoms with van der Waals surface area (Å²) in [6, 6.07) is 2.20. The van der Waals surface area contributed by atoms with E-state index in [0.29, 0.717) is 13.0 Å². The second-order valence-electron chi connectivity index (χ2n) is 7.07. The summed E-state index contributed by atoms with van der Waals surface area (Å²) in [5.74, 6) is -1.84. The van der Waals surface area contributed by atoms with Gasteiger partial charge in [0.05, 0.1) is 0 Å². The van der Waals surface area contributed by atoms with Crippen molar-refractivity contribution in [2.75, 3.05) is 30.9 Å². The number of rotatable bonds is 7. The Morgan fingerprint density at radius 3 is 2.33 bits per heavy atom. The molecule has 0 heterocycles. The Kier molecular flexibility index (Phi) is 7.82. The minimum Gasteiger partial charge on any atom is -0.373 e. The van der Waals surface area contributed by atoms with Gasteiger partial charge in [-0.3, -0.25) is 4.79 Å². The molecule has 3 N–H and O–H groups in total. The zero-order chi connectivity index (χ0) is 19.8. The van der Waals surface area contributed by atoms with Crippen LogP contribution in [0.3, 0.4) is 0 Å². The van der Waals surface area contributed by atoms with E-state index in [1.165, 1.54) is 25.4 Å². The van der Waals surface area contributed by atoms with Crippen molar-refractivity contribution in [1.82, 2.24) is 10.6 Å². The lowest BCUT2D eigenvalue weighted by Gasteiger charge is -2.22. The number of carbonyl (C=O) groups excluding carboxylic acids is 2. The lowest BCUT2D eigenvalue weighted by atomic mass is 9.96. The van der Waals surface area contributed by atoms with Crippen molar-refractivity contribution in [3.8, 4) is 0 Å². The first-order valence-corrected chi connectivity index (χ1v) is 9.37. The van der Waals surface area contributed by atoms with Crippen LogP contribution in [0.1, 0.15) is 44.9 Å². The average Bonchev–Trinajstić information content (AvgIpc) is 2.58. The molecule has 0 unspecified atom stereocenters. The summed E-state index contributed by atoms with van der Waals surface area (Å²) in [6.07, 6.45) is 6.10. The van der Waals surface area contributed by atoms with E-state index in [4.69, 9.17) is 0 Å². The summed E-state index contributed by atoms with van der Waals surface area (Å²) in [5, 5.41) is 8.15. The number of halogens is 2. The fourth-order valence-corrected chi connectivity index (χ4v) is 3.22. The number of hydrogen-bond acceptors (Lipinski definition) is 3. The highest BCUT2D eigenvalue weighted by atomic mass is 19.1. The van der Waals surface area contributed by atoms with Crippen molar-refractivity contribution in [3.05, 3.63) is 23.8 Å². The maximum atomic E-state index is 13.9. The minimum absolute atomic E-state index is 0.0728. The van der Waals surface area contributed by atoms with Crippen LogP contribution in [0.5, 0.6) is 0 Å². The van der Waals surface area contributed by atoms with Gasteiger partial charge in [-0.05, 0) is 31.4 Å². The summed E-state index contributed by atoms with van der Waals surface area (Å²) in [6.45, 7) is 0.355. The van der Waals surface area contributed by atoms with Crippen LogP contribution in [0.15, 0.2) is 12.1 Å². The van der Waals surface area contributed by atoms with E-state index < -0.39 is 11.6 Å². The topological polar surface area (TPSA) is 73.5 Å². The van der Waals surface area contributed by atoms with Gasteiger partial charge in [0, 0.05) is 38.8 Å². The number of nitrogens with zero attached hydrogens (tertiary/aromatic N) is 1. The lowest BCUT2D eigenvalue weighted by molar-refractivity contribution is -0.116. The quantitative estimate of drug-likeness (QED) is 0.633. The number of hydrogen-bond donors (Lipinski definition) is 3. The van der Waals surface area contributed by atoms with E-state index in [-0.39, 0.29) is 35.8 Å². The molecule has 1 aromatic rings. The van der Waals surface area contributed by atoms with Crippen molar-refractivity contribution in [3.63, 3.8) is 0 Å². The summed E-state index contributed by atoms with van der Waals surface area (Å²) in [4.78, 5) is 25.1. The smallest absolute Gasteiger partial charge is 0.315 e. The van der Waals surface area contributed by atoms with E-state index in [0.717, 1.165) is 37.8 Å². The van der Waals surface area contributed by atoms with Gasteiger partial charge in [-0.2, -0.15) is 0 Å². The first-order valence-electron chi connectivity index (χ1n) is 9.37. The van der Waals surface area contributed by atoms with Gasteiger partial charge in [0.2, 0.25) is 5.91 Å². The molecule has 8 heteroatoms. The van der Waals surface area contributed by atoms with Gasteiger partial charge >= 0.3 is 6.03 Å². The minimum atomic E-state index is -0.739. The molecule has 3 amide bonds. The molecular formula is C19H28F2N4O2. The Morgan fingerprint density at radius 1 is 1.11 bits per heavy atom. The number of urea groups is 1. The van der Waals surface area contributed by atoms with Crippen LogP contribution in [-0.2, 0) is 4.79 Å². The van der Waals surface area contributed by atoms with Crippen molar-refractivity contribution in [1.29, 1.82) is 0 Å². The van der Waals surface area contributed by atoms with E-state index >= 15 is 0 Å². The van der Waals surface area contributed by atoms with E-state index in [2.05, 4.69) is 16.0 Å². The molecule has 1 fully saturated rings. The Morgan fingerprint density at radius 2 is 1.74 bits per heavy atom. The Bertz CT molecular complexity index is 638. The molecule has 1 saturated carbocycles. The lowest BCUT2D eigenvalue weighted by Crippen LogP contribution is -2.43. The molecular weight excluding hydrogens is 354 g/mol. The molecule has 6 nitrogen and oxygen atoms in total. The number of nitrogens with one attached hydrogen (secondary N) is 3. The van der Waals surface area contributed by atoms with Crippen LogP contribution in [-0.4, -0.2) is 38.6 Å². The Labute approximate surface area is 158 Å². The molecule has 0 spiro atoms. The molecule has 0 aliphatic heterocycles.